The molecule has 0 amide bonds. The Hall–Kier alpha value is -3.69. The number of nitrogens with two attached hydrogens (primary N) is 1. The third-order valence-electron chi connectivity index (χ3n) is 6.46. The van der Waals surface area contributed by atoms with E-state index in [1.54, 1.807) is 11.5 Å². The maximum Gasteiger partial charge on any atom is 0.332 e. The number of aryl methyl sites for hydroxylation is 2. The minimum absolute atomic E-state index is 0.320. The molecule has 0 radical (unpaired) electrons. The summed E-state index contributed by atoms with van der Waals surface area (Å²) in [5, 5.41) is 12.9. The van der Waals surface area contributed by atoms with Crippen molar-refractivity contribution in [2.75, 3.05) is 18.8 Å². The van der Waals surface area contributed by atoms with Gasteiger partial charge in [0.2, 0.25) is 0 Å². The van der Waals surface area contributed by atoms with Crippen molar-refractivity contribution in [3.8, 4) is 0 Å². The van der Waals surface area contributed by atoms with Crippen molar-refractivity contribution in [3.05, 3.63) is 92.4 Å². The zero-order valence-corrected chi connectivity index (χ0v) is 21.6. The predicted octanol–water partition coefficient (Wildman–Crippen LogP) is 2.16. The van der Waals surface area contributed by atoms with Gasteiger partial charge in [0.15, 0.2) is 11.2 Å². The molecule has 0 aliphatic heterocycles. The van der Waals surface area contributed by atoms with Gasteiger partial charge in [0.05, 0.1) is 6.10 Å². The van der Waals surface area contributed by atoms with Crippen molar-refractivity contribution in [2.45, 2.75) is 58.8 Å². The summed E-state index contributed by atoms with van der Waals surface area (Å²) in [5.74, 6) is 0.721. The molecule has 9 heteroatoms. The van der Waals surface area contributed by atoms with Crippen LogP contribution >= 0.6 is 0 Å². The molecule has 2 aromatic carbocycles. The average Bonchev–Trinajstić information content (AvgIpc) is 3.23. The van der Waals surface area contributed by atoms with Gasteiger partial charge < -0.3 is 20.7 Å². The number of aromatic nitrogens is 4. The lowest BCUT2D eigenvalue weighted by Gasteiger charge is -2.14. The Morgan fingerprint density at radius 3 is 2.41 bits per heavy atom. The number of nitrogen functional groups attached to an aromatic ring is 1. The third kappa shape index (κ3) is 6.00. The van der Waals surface area contributed by atoms with Gasteiger partial charge in [0.25, 0.3) is 5.56 Å². The van der Waals surface area contributed by atoms with Gasteiger partial charge in [-0.25, -0.2) is 9.78 Å². The number of benzene rings is 2. The summed E-state index contributed by atoms with van der Waals surface area (Å²) in [7, 11) is 0. The first-order chi connectivity index (χ1) is 17.9. The van der Waals surface area contributed by atoms with E-state index in [2.05, 4.69) is 5.32 Å². The highest BCUT2D eigenvalue weighted by Crippen LogP contribution is 2.17. The van der Waals surface area contributed by atoms with E-state index < -0.39 is 6.10 Å². The maximum absolute atomic E-state index is 13.7. The summed E-state index contributed by atoms with van der Waals surface area (Å²) >= 11 is 0. The Kier molecular flexibility index (Phi) is 8.58. The van der Waals surface area contributed by atoms with Gasteiger partial charge >= 0.3 is 5.69 Å². The van der Waals surface area contributed by atoms with Gasteiger partial charge in [0.1, 0.15) is 5.82 Å². The van der Waals surface area contributed by atoms with Crippen LogP contribution in [0, 0.1) is 0 Å². The standard InChI is InChI=1S/C28H36N6O3/c1-3-15-34-27(36)25-26(33(28(34)37)16-13-22-11-7-8-12-23(22)29)31-24(18-21-9-5-4-6-10-21)32(25)17-14-30-19-20(2)35/h4-12,20,30,35H,3,13-19,29H2,1-2H3. The highest BCUT2D eigenvalue weighted by molar-refractivity contribution is 5.71. The summed E-state index contributed by atoms with van der Waals surface area (Å²) in [5.41, 5.74) is 9.00. The van der Waals surface area contributed by atoms with Crippen LogP contribution in [0.1, 0.15) is 37.2 Å². The summed E-state index contributed by atoms with van der Waals surface area (Å²) in [6.07, 6.45) is 1.26. The number of anilines is 1. The van der Waals surface area contributed by atoms with Crippen molar-refractivity contribution in [1.82, 2.24) is 24.0 Å². The fraction of sp³-hybridized carbons (Fsp3) is 0.393. The lowest BCUT2D eigenvalue weighted by Crippen LogP contribution is -2.41. The van der Waals surface area contributed by atoms with E-state index >= 15 is 0 Å². The molecule has 4 aromatic rings. The molecule has 0 bridgehead atoms. The molecule has 0 aliphatic rings. The number of hydrogen-bond donors (Lipinski definition) is 3. The Morgan fingerprint density at radius 1 is 0.973 bits per heavy atom. The monoisotopic (exact) mass is 504 g/mol. The molecule has 0 spiro atoms. The van der Waals surface area contributed by atoms with E-state index in [4.69, 9.17) is 10.7 Å². The summed E-state index contributed by atoms with van der Waals surface area (Å²) in [6, 6.07) is 17.6. The second-order valence-corrected chi connectivity index (χ2v) is 9.41. The van der Waals surface area contributed by atoms with Crippen LogP contribution in [0.5, 0.6) is 0 Å². The highest BCUT2D eigenvalue weighted by Gasteiger charge is 2.21. The van der Waals surface area contributed by atoms with Crippen LogP contribution in [0.2, 0.25) is 0 Å². The molecule has 37 heavy (non-hydrogen) atoms. The average molecular weight is 505 g/mol. The first-order valence-electron chi connectivity index (χ1n) is 12.9. The number of aliphatic hydroxyl groups excluding tert-OH is 1. The second-order valence-electron chi connectivity index (χ2n) is 9.41. The van der Waals surface area contributed by atoms with Crippen molar-refractivity contribution in [3.63, 3.8) is 0 Å². The summed E-state index contributed by atoms with van der Waals surface area (Å²) in [6.45, 7) is 5.84. The molecule has 2 aromatic heterocycles. The molecular weight excluding hydrogens is 468 g/mol. The smallest absolute Gasteiger partial charge is 0.332 e. The summed E-state index contributed by atoms with van der Waals surface area (Å²) in [4.78, 5) is 32.1. The van der Waals surface area contributed by atoms with Gasteiger partial charge in [-0.2, -0.15) is 0 Å². The van der Waals surface area contributed by atoms with Crippen molar-refractivity contribution in [1.29, 1.82) is 0 Å². The molecule has 2 heterocycles. The van der Waals surface area contributed by atoms with Crippen LogP contribution in [0.25, 0.3) is 11.2 Å². The van der Waals surface area contributed by atoms with Crippen LogP contribution < -0.4 is 22.3 Å². The van der Waals surface area contributed by atoms with Gasteiger partial charge in [-0.1, -0.05) is 55.5 Å². The number of fused-ring (bicyclic) bond motifs is 1. The van der Waals surface area contributed by atoms with Crippen LogP contribution in [-0.4, -0.2) is 43.0 Å². The molecule has 9 nitrogen and oxygen atoms in total. The maximum atomic E-state index is 13.7. The minimum atomic E-state index is -0.472. The molecule has 196 valence electrons. The van der Waals surface area contributed by atoms with Crippen molar-refractivity contribution < 1.29 is 5.11 Å². The Balaban J connectivity index is 1.84. The first kappa shape index (κ1) is 26.4. The lowest BCUT2D eigenvalue weighted by molar-refractivity contribution is 0.191. The van der Waals surface area contributed by atoms with E-state index in [1.807, 2.05) is 66.1 Å². The quantitative estimate of drug-likeness (QED) is 0.201. The molecule has 1 atom stereocenters. The van der Waals surface area contributed by atoms with E-state index in [0.29, 0.717) is 68.8 Å². The number of rotatable bonds is 12. The first-order valence-corrected chi connectivity index (χ1v) is 12.9. The van der Waals surface area contributed by atoms with Crippen LogP contribution in [-0.2, 0) is 32.5 Å². The zero-order valence-electron chi connectivity index (χ0n) is 21.6. The number of hydrogen-bond acceptors (Lipinski definition) is 6. The van der Waals surface area contributed by atoms with Crippen LogP contribution in [0.15, 0.2) is 64.2 Å². The Morgan fingerprint density at radius 2 is 1.70 bits per heavy atom. The Bertz CT molecular complexity index is 1450. The number of imidazole rings is 1. The van der Waals surface area contributed by atoms with Crippen molar-refractivity contribution in [2.24, 2.45) is 0 Å². The molecule has 4 rings (SSSR count). The topological polar surface area (TPSA) is 120 Å². The SMILES string of the molecule is CCCn1c(=O)c2c(nc(Cc3ccccc3)n2CCNCC(C)O)n(CCc2ccccc2N)c1=O. The van der Waals surface area contributed by atoms with Crippen LogP contribution in [0.4, 0.5) is 5.69 Å². The fourth-order valence-electron chi connectivity index (χ4n) is 4.61. The molecular formula is C28H36N6O3. The second kappa shape index (κ2) is 12.0. The van der Waals surface area contributed by atoms with E-state index in [0.717, 1.165) is 17.0 Å². The van der Waals surface area contributed by atoms with Gasteiger partial charge in [-0.3, -0.25) is 13.9 Å². The van der Waals surface area contributed by atoms with Gasteiger partial charge in [-0.05, 0) is 37.0 Å². The predicted molar refractivity (Wildman–Crippen MR) is 147 cm³/mol. The molecule has 0 fully saturated rings. The third-order valence-corrected chi connectivity index (χ3v) is 6.46. The van der Waals surface area contributed by atoms with Crippen molar-refractivity contribution >= 4 is 16.9 Å². The largest absolute Gasteiger partial charge is 0.399 e. The Labute approximate surface area is 216 Å². The summed E-state index contributed by atoms with van der Waals surface area (Å²) < 4.78 is 4.87. The zero-order chi connectivity index (χ0) is 26.4. The highest BCUT2D eigenvalue weighted by atomic mass is 16.3. The number of nitrogens with zero attached hydrogens (tertiary/aromatic N) is 4. The van der Waals surface area contributed by atoms with E-state index in [-0.39, 0.29) is 11.2 Å². The number of nitrogens with one attached hydrogen (secondary N) is 1. The number of aliphatic hydroxyl groups is 1. The van der Waals surface area contributed by atoms with Crippen LogP contribution in [0.3, 0.4) is 0 Å². The lowest BCUT2D eigenvalue weighted by atomic mass is 10.1. The van der Waals surface area contributed by atoms with Gasteiger partial charge in [-0.15, -0.1) is 0 Å². The minimum Gasteiger partial charge on any atom is -0.399 e. The van der Waals surface area contributed by atoms with Gasteiger partial charge in [0, 0.05) is 44.8 Å². The molecule has 0 saturated heterocycles. The normalized spacial score (nSPS) is 12.3. The molecule has 1 unspecified atom stereocenters. The molecule has 4 N–H and O–H groups in total. The number of para-hydroxylation sites is 1. The molecule has 0 aliphatic carbocycles. The molecule has 0 saturated carbocycles. The van der Waals surface area contributed by atoms with E-state index in [1.165, 1.54) is 4.57 Å². The fourth-order valence-corrected chi connectivity index (χ4v) is 4.61. The van der Waals surface area contributed by atoms with E-state index in [9.17, 15) is 14.7 Å².